The molecule has 74 valence electrons. The van der Waals surface area contributed by atoms with Crippen molar-refractivity contribution >= 4 is 0 Å². The zero-order valence-electron chi connectivity index (χ0n) is 8.07. The second-order valence-corrected chi connectivity index (χ2v) is 3.14. The Labute approximate surface area is 87.4 Å². The minimum absolute atomic E-state index is 0.387. The van der Waals surface area contributed by atoms with Crippen LogP contribution in [0.3, 0.4) is 0 Å². The summed E-state index contributed by atoms with van der Waals surface area (Å²) >= 11 is 0. The summed E-state index contributed by atoms with van der Waals surface area (Å²) in [7, 11) is 0. The molecule has 0 fully saturated rings. The zero-order valence-corrected chi connectivity index (χ0v) is 8.07. The summed E-state index contributed by atoms with van der Waals surface area (Å²) in [4.78, 5) is 7.19. The van der Waals surface area contributed by atoms with Gasteiger partial charge in [-0.3, -0.25) is 0 Å². The van der Waals surface area contributed by atoms with E-state index in [-0.39, 0.29) is 0 Å². The van der Waals surface area contributed by atoms with Gasteiger partial charge in [0.05, 0.1) is 30.1 Å². The average Bonchev–Trinajstić information content (AvgIpc) is 2.78. The molecule has 0 radical (unpaired) electrons. The minimum Gasteiger partial charge on any atom is -0.341 e. The van der Waals surface area contributed by atoms with Crippen LogP contribution in [0.25, 0.3) is 11.3 Å². The Hall–Kier alpha value is -2.12. The first-order chi connectivity index (χ1) is 7.33. The molecule has 0 bridgehead atoms. The highest BCUT2D eigenvalue weighted by Gasteiger charge is 2.02. The monoisotopic (exact) mass is 198 g/mol. The number of rotatable bonds is 2. The number of nitriles is 1. The Morgan fingerprint density at radius 3 is 3.00 bits per heavy atom. The van der Waals surface area contributed by atoms with Gasteiger partial charge < -0.3 is 10.7 Å². The quantitative estimate of drug-likeness (QED) is 0.765. The van der Waals surface area contributed by atoms with E-state index < -0.39 is 0 Å². The van der Waals surface area contributed by atoms with E-state index in [4.69, 9.17) is 11.0 Å². The molecule has 4 nitrogen and oxygen atoms in total. The normalized spacial score (nSPS) is 9.87. The third-order valence-electron chi connectivity index (χ3n) is 2.12. The van der Waals surface area contributed by atoms with Gasteiger partial charge >= 0.3 is 0 Å². The van der Waals surface area contributed by atoms with Crippen LogP contribution in [0.15, 0.2) is 30.5 Å². The van der Waals surface area contributed by atoms with Crippen LogP contribution in [0.2, 0.25) is 0 Å². The fourth-order valence-corrected chi connectivity index (χ4v) is 1.37. The van der Waals surface area contributed by atoms with Gasteiger partial charge in [0, 0.05) is 5.56 Å². The van der Waals surface area contributed by atoms with Crippen LogP contribution >= 0.6 is 0 Å². The van der Waals surface area contributed by atoms with Crippen molar-refractivity contribution in [3.63, 3.8) is 0 Å². The molecule has 0 aliphatic carbocycles. The molecule has 1 heterocycles. The van der Waals surface area contributed by atoms with Gasteiger partial charge in [0.2, 0.25) is 0 Å². The number of nitrogens with one attached hydrogen (secondary N) is 1. The molecule has 4 heteroatoms. The maximum atomic E-state index is 8.76. The van der Waals surface area contributed by atoms with E-state index in [1.165, 1.54) is 0 Å². The van der Waals surface area contributed by atoms with Crippen LogP contribution in [0.5, 0.6) is 0 Å². The lowest BCUT2D eigenvalue weighted by Crippen LogP contribution is -1.97. The summed E-state index contributed by atoms with van der Waals surface area (Å²) in [5, 5.41) is 8.76. The topological polar surface area (TPSA) is 78.5 Å². The number of hydrogen-bond acceptors (Lipinski definition) is 3. The molecule has 1 aromatic heterocycles. The lowest BCUT2D eigenvalue weighted by Gasteiger charge is -1.97. The maximum absolute atomic E-state index is 8.76. The molecule has 0 atom stereocenters. The molecule has 3 N–H and O–H groups in total. The lowest BCUT2D eigenvalue weighted by molar-refractivity contribution is 0.950. The fraction of sp³-hybridized carbons (Fsp3) is 0.0909. The predicted octanol–water partition coefficient (Wildman–Crippen LogP) is 1.41. The van der Waals surface area contributed by atoms with Gasteiger partial charge in [-0.05, 0) is 12.1 Å². The molecule has 0 saturated carbocycles. The van der Waals surface area contributed by atoms with Crippen molar-refractivity contribution in [1.29, 1.82) is 5.26 Å². The standard InChI is InChI=1S/C11H10N4/c12-5-8-2-1-3-9(4-8)10-7-14-11(6-13)15-10/h1-4,7H,6,13H2,(H,14,15). The molecule has 2 aromatic rings. The minimum atomic E-state index is 0.387. The molecule has 0 aliphatic rings. The highest BCUT2D eigenvalue weighted by atomic mass is 14.9. The molecule has 0 amide bonds. The Bertz CT molecular complexity index is 507. The van der Waals surface area contributed by atoms with Crippen LogP contribution in [0, 0.1) is 11.3 Å². The summed E-state index contributed by atoms with van der Waals surface area (Å²) in [6, 6.07) is 9.45. The van der Waals surface area contributed by atoms with E-state index in [2.05, 4.69) is 16.0 Å². The number of nitrogens with zero attached hydrogens (tertiary/aromatic N) is 2. The Kier molecular flexibility index (Phi) is 2.48. The van der Waals surface area contributed by atoms with E-state index in [1.54, 1.807) is 12.3 Å². The van der Waals surface area contributed by atoms with Crippen molar-refractivity contribution in [2.24, 2.45) is 5.73 Å². The highest BCUT2D eigenvalue weighted by molar-refractivity contribution is 5.60. The average molecular weight is 198 g/mol. The molecule has 0 unspecified atom stereocenters. The van der Waals surface area contributed by atoms with Crippen LogP contribution in [-0.2, 0) is 6.54 Å². The molecular weight excluding hydrogens is 188 g/mol. The number of aromatic nitrogens is 2. The molecule has 2 rings (SSSR count). The molecule has 0 aliphatic heterocycles. The summed E-state index contributed by atoms with van der Waals surface area (Å²) < 4.78 is 0. The third kappa shape index (κ3) is 1.87. The van der Waals surface area contributed by atoms with E-state index in [1.807, 2.05) is 18.2 Å². The lowest BCUT2D eigenvalue weighted by atomic mass is 10.1. The number of H-pyrrole nitrogens is 1. The molecule has 1 aromatic carbocycles. The first kappa shape index (κ1) is 9.44. The predicted molar refractivity (Wildman–Crippen MR) is 56.6 cm³/mol. The Balaban J connectivity index is 2.41. The second-order valence-electron chi connectivity index (χ2n) is 3.14. The van der Waals surface area contributed by atoms with Gasteiger partial charge in [-0.25, -0.2) is 4.98 Å². The fourth-order valence-electron chi connectivity index (χ4n) is 1.37. The van der Waals surface area contributed by atoms with Gasteiger partial charge in [-0.2, -0.15) is 5.26 Å². The number of nitrogens with two attached hydrogens (primary N) is 1. The summed E-state index contributed by atoms with van der Waals surface area (Å²) in [5.74, 6) is 0.743. The molecule has 0 saturated heterocycles. The van der Waals surface area contributed by atoms with Gasteiger partial charge in [0.25, 0.3) is 0 Å². The number of imidazole rings is 1. The maximum Gasteiger partial charge on any atom is 0.120 e. The second kappa shape index (κ2) is 3.95. The summed E-state index contributed by atoms with van der Waals surface area (Å²) in [6.07, 6.45) is 1.72. The first-order valence-electron chi connectivity index (χ1n) is 4.58. The Morgan fingerprint density at radius 2 is 2.33 bits per heavy atom. The molecular formula is C11H10N4. The first-order valence-corrected chi connectivity index (χ1v) is 4.58. The van der Waals surface area contributed by atoms with Crippen LogP contribution < -0.4 is 5.73 Å². The van der Waals surface area contributed by atoms with Crippen LogP contribution in [0.1, 0.15) is 11.4 Å². The van der Waals surface area contributed by atoms with Crippen molar-refractivity contribution in [2.75, 3.05) is 0 Å². The van der Waals surface area contributed by atoms with Crippen molar-refractivity contribution in [2.45, 2.75) is 6.54 Å². The summed E-state index contributed by atoms with van der Waals surface area (Å²) in [5.41, 5.74) is 7.91. The van der Waals surface area contributed by atoms with Crippen molar-refractivity contribution in [3.05, 3.63) is 41.9 Å². The molecule has 15 heavy (non-hydrogen) atoms. The molecule has 0 spiro atoms. The van der Waals surface area contributed by atoms with Crippen LogP contribution in [0.4, 0.5) is 0 Å². The van der Waals surface area contributed by atoms with Crippen LogP contribution in [-0.4, -0.2) is 9.97 Å². The third-order valence-corrected chi connectivity index (χ3v) is 2.12. The number of hydrogen-bond donors (Lipinski definition) is 2. The zero-order chi connectivity index (χ0) is 10.7. The van der Waals surface area contributed by atoms with E-state index in [0.29, 0.717) is 12.1 Å². The SMILES string of the molecule is N#Cc1cccc(-c2cnc(CN)[nH]2)c1. The van der Waals surface area contributed by atoms with Crippen molar-refractivity contribution < 1.29 is 0 Å². The van der Waals surface area contributed by atoms with Gasteiger partial charge in [-0.15, -0.1) is 0 Å². The van der Waals surface area contributed by atoms with Crippen molar-refractivity contribution in [3.8, 4) is 17.3 Å². The number of aromatic amines is 1. The highest BCUT2D eigenvalue weighted by Crippen LogP contribution is 2.17. The van der Waals surface area contributed by atoms with Gasteiger partial charge in [0.15, 0.2) is 0 Å². The number of benzene rings is 1. The smallest absolute Gasteiger partial charge is 0.120 e. The van der Waals surface area contributed by atoms with Gasteiger partial charge in [-0.1, -0.05) is 12.1 Å². The largest absolute Gasteiger partial charge is 0.341 e. The van der Waals surface area contributed by atoms with E-state index >= 15 is 0 Å². The summed E-state index contributed by atoms with van der Waals surface area (Å²) in [6.45, 7) is 0.387. The van der Waals surface area contributed by atoms with E-state index in [0.717, 1.165) is 17.1 Å². The van der Waals surface area contributed by atoms with Gasteiger partial charge in [0.1, 0.15) is 5.82 Å². The van der Waals surface area contributed by atoms with E-state index in [9.17, 15) is 0 Å². The van der Waals surface area contributed by atoms with Crippen molar-refractivity contribution in [1.82, 2.24) is 9.97 Å². The Morgan fingerprint density at radius 1 is 1.47 bits per heavy atom.